The molecule has 4 N–H and O–H groups in total. The van der Waals surface area contributed by atoms with E-state index >= 15 is 0 Å². The minimum Gasteiger partial charge on any atom is -0.474 e. The van der Waals surface area contributed by atoms with Gasteiger partial charge in [-0.3, -0.25) is 19.9 Å². The maximum Gasteiger partial charge on any atom is 0.340 e. The summed E-state index contributed by atoms with van der Waals surface area (Å²) in [4.78, 5) is 52.4. The van der Waals surface area contributed by atoms with E-state index in [1.165, 1.54) is 0 Å². The monoisotopic (exact) mass is 864 g/mol. The summed E-state index contributed by atoms with van der Waals surface area (Å²) in [7, 11) is 0. The van der Waals surface area contributed by atoms with Crippen molar-refractivity contribution >= 4 is 33.5 Å². The highest BCUT2D eigenvalue weighted by atomic mass is 16.5. The van der Waals surface area contributed by atoms with Gasteiger partial charge in [0.25, 0.3) is 0 Å². The molecule has 14 nitrogen and oxygen atoms in total. The number of carbonyl (C=O) groups excluding carboxylic acids is 2. The molecule has 14 heteroatoms. The largest absolute Gasteiger partial charge is 0.474 e. The number of ether oxygens (including phenoxy) is 4. The number of aromatic nitrogens is 6. The van der Waals surface area contributed by atoms with Crippen molar-refractivity contribution in [2.75, 3.05) is 0 Å². The summed E-state index contributed by atoms with van der Waals surface area (Å²) < 4.78 is 22.8. The lowest BCUT2D eigenvalue weighted by Gasteiger charge is -2.27. The molecule has 0 saturated heterocycles. The lowest BCUT2D eigenvalue weighted by molar-refractivity contribution is 0.0225. The van der Waals surface area contributed by atoms with Gasteiger partial charge in [-0.05, 0) is 126 Å². The van der Waals surface area contributed by atoms with Gasteiger partial charge in [-0.25, -0.2) is 19.6 Å². The zero-order valence-electron chi connectivity index (χ0n) is 37.8. The Morgan fingerprint density at radius 3 is 1.31 bits per heavy atom. The van der Waals surface area contributed by atoms with E-state index < -0.39 is 11.1 Å². The Bertz CT molecular complexity index is 2620. The molecule has 2 fully saturated rings. The molecule has 2 saturated carbocycles. The van der Waals surface area contributed by atoms with Crippen LogP contribution in [-0.4, -0.2) is 66.3 Å². The van der Waals surface area contributed by atoms with Crippen molar-refractivity contribution < 1.29 is 28.5 Å². The molecule has 4 aliphatic rings. The second kappa shape index (κ2) is 16.5. The van der Waals surface area contributed by atoms with Gasteiger partial charge in [0.05, 0.1) is 33.3 Å². The average molecular weight is 865 g/mol. The predicted octanol–water partition coefficient (Wildman–Crippen LogP) is 8.03. The van der Waals surface area contributed by atoms with Gasteiger partial charge >= 0.3 is 11.9 Å². The van der Waals surface area contributed by atoms with Crippen LogP contribution in [0.15, 0.2) is 61.2 Å². The van der Waals surface area contributed by atoms with Crippen molar-refractivity contribution in [3.8, 4) is 11.8 Å². The number of rotatable bonds is 10. The van der Waals surface area contributed by atoms with Crippen molar-refractivity contribution in [1.29, 1.82) is 0 Å². The molecule has 0 amide bonds. The number of fused-ring (bicyclic) bond motifs is 4. The summed E-state index contributed by atoms with van der Waals surface area (Å²) in [5, 5.41) is 3.74. The third kappa shape index (κ3) is 8.85. The molecule has 0 unspecified atom stereocenters. The number of esters is 2. The van der Waals surface area contributed by atoms with Crippen LogP contribution >= 0.6 is 0 Å². The van der Waals surface area contributed by atoms with Crippen molar-refractivity contribution in [3.63, 3.8) is 0 Å². The van der Waals surface area contributed by atoms with Crippen LogP contribution in [0.25, 0.3) is 21.5 Å². The molecule has 6 aromatic heterocycles. The topological polar surface area (TPSA) is 200 Å². The first-order valence-electron chi connectivity index (χ1n) is 22.3. The van der Waals surface area contributed by atoms with E-state index in [9.17, 15) is 9.59 Å². The Labute approximate surface area is 372 Å². The number of pyridine rings is 6. The summed E-state index contributed by atoms with van der Waals surface area (Å²) in [6.45, 7) is 15.7. The van der Waals surface area contributed by atoms with Gasteiger partial charge in [-0.15, -0.1) is 0 Å². The summed E-state index contributed by atoms with van der Waals surface area (Å²) in [5.41, 5.74) is 19.8. The minimum atomic E-state index is -0.558. The van der Waals surface area contributed by atoms with Gasteiger partial charge in [0.1, 0.15) is 24.4 Å². The van der Waals surface area contributed by atoms with Crippen LogP contribution in [0.4, 0.5) is 0 Å². The van der Waals surface area contributed by atoms with E-state index in [1.807, 2.05) is 104 Å². The molecule has 2 aliphatic carbocycles. The number of carbonyl (C=O) groups is 2. The quantitative estimate of drug-likeness (QED) is 0.125. The van der Waals surface area contributed by atoms with E-state index in [4.69, 9.17) is 40.4 Å². The zero-order chi connectivity index (χ0) is 45.2. The summed E-state index contributed by atoms with van der Waals surface area (Å²) in [6.07, 6.45) is 12.7. The molecule has 4 atom stereocenters. The zero-order valence-corrected chi connectivity index (χ0v) is 37.8. The molecule has 0 radical (unpaired) electrons. The standard InChI is InChI=1S/2C25H28N4O3/c2*1-13-14(2)31-24(30)18-8-5-15(29-22(13)18)9-16-10-19-20(11-27-16)23(32-17-6-7-17)28-12-21(19)25(3,4)26/h2*5,8,10-14,17H,6-7,9,26H2,1-4H3/t2*13-,14-/m10/s1. The molecular weight excluding hydrogens is 809 g/mol. The lowest BCUT2D eigenvalue weighted by atomic mass is 9.92. The Kier molecular flexibility index (Phi) is 11.1. The van der Waals surface area contributed by atoms with Gasteiger partial charge in [0, 0.05) is 83.3 Å². The Morgan fingerprint density at radius 2 is 0.953 bits per heavy atom. The molecular formula is C50H56N8O6. The van der Waals surface area contributed by atoms with E-state index in [1.54, 1.807) is 0 Å². The normalized spacial score (nSPS) is 20.7. The molecule has 0 spiro atoms. The first-order valence-corrected chi connectivity index (χ1v) is 22.3. The fourth-order valence-corrected chi connectivity index (χ4v) is 8.16. The molecule has 8 heterocycles. The summed E-state index contributed by atoms with van der Waals surface area (Å²) in [5.74, 6) is 0.707. The maximum atomic E-state index is 12.2. The van der Waals surface area contributed by atoms with Crippen LogP contribution in [0.5, 0.6) is 11.8 Å². The van der Waals surface area contributed by atoms with Crippen LogP contribution in [-0.2, 0) is 33.4 Å². The number of hydrogen-bond donors (Lipinski definition) is 2. The highest BCUT2D eigenvalue weighted by molar-refractivity contribution is 5.93. The van der Waals surface area contributed by atoms with Crippen molar-refractivity contribution in [1.82, 2.24) is 29.9 Å². The first-order chi connectivity index (χ1) is 30.4. The molecule has 332 valence electrons. The van der Waals surface area contributed by atoms with Gasteiger partial charge < -0.3 is 30.4 Å². The molecule has 0 aromatic carbocycles. The minimum absolute atomic E-state index is 0.0464. The van der Waals surface area contributed by atoms with Crippen molar-refractivity contribution in [3.05, 3.63) is 118 Å². The molecule has 2 aliphatic heterocycles. The van der Waals surface area contributed by atoms with Gasteiger partial charge in [0.15, 0.2) is 0 Å². The van der Waals surface area contributed by atoms with Gasteiger partial charge in [-0.1, -0.05) is 13.8 Å². The third-order valence-electron chi connectivity index (χ3n) is 12.6. The third-order valence-corrected chi connectivity index (χ3v) is 12.6. The van der Waals surface area contributed by atoms with Crippen molar-refractivity contribution in [2.45, 2.75) is 141 Å². The summed E-state index contributed by atoms with van der Waals surface area (Å²) in [6, 6.07) is 11.5. The Morgan fingerprint density at radius 1 is 0.562 bits per heavy atom. The Hall–Kier alpha value is -6.12. The molecule has 6 aromatic rings. The lowest BCUT2D eigenvalue weighted by Crippen LogP contribution is -2.29. The molecule has 64 heavy (non-hydrogen) atoms. The Balaban J connectivity index is 0.000000162. The van der Waals surface area contributed by atoms with E-state index in [0.717, 1.165) is 92.5 Å². The predicted molar refractivity (Wildman–Crippen MR) is 241 cm³/mol. The second-order valence-corrected chi connectivity index (χ2v) is 19.1. The first kappa shape index (κ1) is 43.1. The van der Waals surface area contributed by atoms with E-state index in [0.29, 0.717) is 35.7 Å². The van der Waals surface area contributed by atoms with E-state index in [-0.39, 0.29) is 48.2 Å². The number of cyclic esters (lactones) is 2. The smallest absolute Gasteiger partial charge is 0.340 e. The van der Waals surface area contributed by atoms with Crippen LogP contribution < -0.4 is 20.9 Å². The number of nitrogens with two attached hydrogens (primary N) is 2. The number of nitrogens with zero attached hydrogens (tertiary/aromatic N) is 6. The fraction of sp³-hybridized carbons (Fsp3) is 0.440. The maximum absolute atomic E-state index is 12.2. The SMILES string of the molecule is C[C@@H]1OC(=O)c2ccc(Cc3cc4c(C(C)(C)N)cnc(OC5CC5)c4cn3)nc2[C@H]1C.C[C@H]1OC(=O)c2ccc(Cc3cc4c(C(C)(C)N)cnc(OC5CC5)c4cn3)nc2[C@@H]1C. The van der Waals surface area contributed by atoms with Gasteiger partial charge in [-0.2, -0.15) is 0 Å². The van der Waals surface area contributed by atoms with Crippen molar-refractivity contribution in [2.24, 2.45) is 11.5 Å². The fourth-order valence-electron chi connectivity index (χ4n) is 8.16. The van der Waals surface area contributed by atoms with Gasteiger partial charge in [0.2, 0.25) is 11.8 Å². The molecule has 0 bridgehead atoms. The van der Waals surface area contributed by atoms with Crippen LogP contribution in [0.2, 0.25) is 0 Å². The highest BCUT2D eigenvalue weighted by Crippen LogP contribution is 2.38. The number of hydrogen-bond acceptors (Lipinski definition) is 14. The van der Waals surface area contributed by atoms with Crippen LogP contribution in [0, 0.1) is 0 Å². The van der Waals surface area contributed by atoms with E-state index in [2.05, 4.69) is 32.1 Å². The average Bonchev–Trinajstić information content (AvgIpc) is 4.19. The highest BCUT2D eigenvalue weighted by Gasteiger charge is 2.34. The second-order valence-electron chi connectivity index (χ2n) is 19.1. The molecule has 10 rings (SSSR count). The van der Waals surface area contributed by atoms with Crippen LogP contribution in [0.3, 0.4) is 0 Å². The summed E-state index contributed by atoms with van der Waals surface area (Å²) >= 11 is 0. The van der Waals surface area contributed by atoms with Crippen LogP contribution in [0.1, 0.15) is 159 Å².